The van der Waals surface area contributed by atoms with E-state index < -0.39 is 24.5 Å². The van der Waals surface area contributed by atoms with Gasteiger partial charge >= 0.3 is 5.97 Å². The SMILES string of the molecule is CCc1cc(C(=O)OCC(=O)N2N=C(c3ccco3)CC2c2ccco2)sc1C. The van der Waals surface area contributed by atoms with Crippen molar-refractivity contribution < 1.29 is 23.2 Å². The zero-order valence-corrected chi connectivity index (χ0v) is 16.9. The lowest BCUT2D eigenvalue weighted by molar-refractivity contribution is -0.136. The second-order valence-corrected chi connectivity index (χ2v) is 7.88. The minimum atomic E-state index is -0.505. The Balaban J connectivity index is 1.48. The van der Waals surface area contributed by atoms with Crippen LogP contribution in [0.3, 0.4) is 0 Å². The van der Waals surface area contributed by atoms with E-state index >= 15 is 0 Å². The van der Waals surface area contributed by atoms with Gasteiger partial charge in [-0.15, -0.1) is 11.3 Å². The standard InChI is InChI=1S/C21H20N2O5S/c1-3-14-10-19(29-13(14)2)21(25)28-12-20(24)23-16(18-7-5-9-27-18)11-15(22-23)17-6-4-8-26-17/h4-10,16H,3,11-12H2,1-2H3. The Morgan fingerprint density at radius 2 is 2.07 bits per heavy atom. The first kappa shape index (κ1) is 19.2. The first-order chi connectivity index (χ1) is 14.1. The summed E-state index contributed by atoms with van der Waals surface area (Å²) in [5.74, 6) is 0.270. The Morgan fingerprint density at radius 3 is 2.72 bits per heavy atom. The van der Waals surface area contributed by atoms with Gasteiger partial charge in [-0.05, 0) is 49.2 Å². The van der Waals surface area contributed by atoms with Crippen LogP contribution >= 0.6 is 11.3 Å². The summed E-state index contributed by atoms with van der Waals surface area (Å²) < 4.78 is 16.2. The van der Waals surface area contributed by atoms with E-state index in [0.717, 1.165) is 16.9 Å². The van der Waals surface area contributed by atoms with E-state index in [9.17, 15) is 9.59 Å². The average molecular weight is 412 g/mol. The monoisotopic (exact) mass is 412 g/mol. The van der Waals surface area contributed by atoms with Gasteiger partial charge in [-0.1, -0.05) is 6.92 Å². The van der Waals surface area contributed by atoms with Crippen LogP contribution in [0.25, 0.3) is 0 Å². The molecule has 0 radical (unpaired) electrons. The van der Waals surface area contributed by atoms with Crippen LogP contribution in [0, 0.1) is 6.92 Å². The number of esters is 1. The number of hydrogen-bond acceptors (Lipinski definition) is 7. The summed E-state index contributed by atoms with van der Waals surface area (Å²) >= 11 is 1.37. The molecule has 0 N–H and O–H groups in total. The number of ether oxygens (including phenoxy) is 1. The number of thiophene rings is 1. The van der Waals surface area contributed by atoms with Crippen LogP contribution in [0.2, 0.25) is 0 Å². The lowest BCUT2D eigenvalue weighted by Crippen LogP contribution is -2.31. The van der Waals surface area contributed by atoms with Gasteiger partial charge in [0, 0.05) is 11.3 Å². The molecule has 1 aliphatic rings. The molecule has 150 valence electrons. The molecule has 3 aromatic heterocycles. The molecular weight excluding hydrogens is 392 g/mol. The Morgan fingerprint density at radius 1 is 1.28 bits per heavy atom. The number of nitrogens with zero attached hydrogens (tertiary/aromatic N) is 2. The van der Waals surface area contributed by atoms with Crippen molar-refractivity contribution in [1.29, 1.82) is 0 Å². The third-order valence-corrected chi connectivity index (χ3v) is 5.85. The molecule has 1 aliphatic heterocycles. The van der Waals surface area contributed by atoms with Crippen LogP contribution in [0.5, 0.6) is 0 Å². The van der Waals surface area contributed by atoms with Crippen molar-refractivity contribution in [2.75, 3.05) is 6.61 Å². The third kappa shape index (κ3) is 3.88. The van der Waals surface area contributed by atoms with Crippen LogP contribution in [-0.4, -0.2) is 29.2 Å². The molecular formula is C21H20N2O5S. The molecule has 0 spiro atoms. The smallest absolute Gasteiger partial charge is 0.348 e. The zero-order valence-electron chi connectivity index (χ0n) is 16.1. The Hall–Kier alpha value is -3.13. The van der Waals surface area contributed by atoms with E-state index in [1.165, 1.54) is 16.3 Å². The van der Waals surface area contributed by atoms with Gasteiger partial charge in [0.05, 0.1) is 12.5 Å². The van der Waals surface area contributed by atoms with E-state index in [2.05, 4.69) is 5.10 Å². The fraction of sp³-hybridized carbons (Fsp3) is 0.286. The summed E-state index contributed by atoms with van der Waals surface area (Å²) in [6.45, 7) is 3.60. The normalized spacial score (nSPS) is 16.1. The van der Waals surface area contributed by atoms with Gasteiger partial charge in [0.2, 0.25) is 0 Å². The second kappa shape index (κ2) is 8.08. The first-order valence-electron chi connectivity index (χ1n) is 9.30. The number of rotatable bonds is 6. The predicted molar refractivity (Wildman–Crippen MR) is 107 cm³/mol. The van der Waals surface area contributed by atoms with Crippen molar-refractivity contribution in [2.24, 2.45) is 5.10 Å². The average Bonchev–Trinajstić information content (AvgIpc) is 3.51. The Kier molecular flexibility index (Phi) is 5.35. The quantitative estimate of drug-likeness (QED) is 0.562. The molecule has 1 amide bonds. The van der Waals surface area contributed by atoms with Crippen molar-refractivity contribution in [3.8, 4) is 0 Å². The maximum absolute atomic E-state index is 12.8. The summed E-state index contributed by atoms with van der Waals surface area (Å²) in [6.07, 6.45) is 4.40. The van der Waals surface area contributed by atoms with Gasteiger partial charge < -0.3 is 13.6 Å². The van der Waals surface area contributed by atoms with Crippen molar-refractivity contribution in [1.82, 2.24) is 5.01 Å². The molecule has 1 unspecified atom stereocenters. The molecule has 1 atom stereocenters. The van der Waals surface area contributed by atoms with Crippen molar-refractivity contribution in [2.45, 2.75) is 32.7 Å². The zero-order chi connectivity index (χ0) is 20.4. The van der Waals surface area contributed by atoms with Crippen LogP contribution in [0.4, 0.5) is 0 Å². The number of carbonyl (C=O) groups is 2. The maximum atomic E-state index is 12.8. The van der Waals surface area contributed by atoms with E-state index in [1.54, 1.807) is 36.8 Å². The summed E-state index contributed by atoms with van der Waals surface area (Å²) in [4.78, 5) is 26.7. The molecule has 0 bridgehead atoms. The number of hydrogen-bond donors (Lipinski definition) is 0. The number of furan rings is 2. The highest BCUT2D eigenvalue weighted by atomic mass is 32.1. The molecule has 0 aromatic carbocycles. The lowest BCUT2D eigenvalue weighted by Gasteiger charge is -2.19. The van der Waals surface area contributed by atoms with Crippen molar-refractivity contribution >= 4 is 28.9 Å². The van der Waals surface area contributed by atoms with E-state index in [4.69, 9.17) is 13.6 Å². The van der Waals surface area contributed by atoms with Crippen LogP contribution in [-0.2, 0) is 16.0 Å². The summed E-state index contributed by atoms with van der Waals surface area (Å²) in [5, 5.41) is 5.71. The van der Waals surface area contributed by atoms with Crippen LogP contribution < -0.4 is 0 Å². The van der Waals surface area contributed by atoms with Gasteiger partial charge in [-0.25, -0.2) is 9.80 Å². The van der Waals surface area contributed by atoms with Crippen molar-refractivity contribution in [3.05, 3.63) is 69.7 Å². The molecule has 7 nitrogen and oxygen atoms in total. The molecule has 0 aliphatic carbocycles. The third-order valence-electron chi connectivity index (χ3n) is 4.77. The minimum absolute atomic E-state index is 0.399. The molecule has 0 fully saturated rings. The highest BCUT2D eigenvalue weighted by Gasteiger charge is 2.36. The highest BCUT2D eigenvalue weighted by molar-refractivity contribution is 7.14. The highest BCUT2D eigenvalue weighted by Crippen LogP contribution is 2.33. The van der Waals surface area contributed by atoms with Crippen LogP contribution in [0.1, 0.15) is 51.0 Å². The predicted octanol–water partition coefficient (Wildman–Crippen LogP) is 4.34. The number of aryl methyl sites for hydroxylation is 2. The maximum Gasteiger partial charge on any atom is 0.348 e. The van der Waals surface area contributed by atoms with Crippen molar-refractivity contribution in [3.63, 3.8) is 0 Å². The molecule has 0 saturated carbocycles. The molecule has 0 saturated heterocycles. The van der Waals surface area contributed by atoms with Gasteiger partial charge in [0.15, 0.2) is 6.61 Å². The minimum Gasteiger partial charge on any atom is -0.467 e. The van der Waals surface area contributed by atoms with E-state index in [0.29, 0.717) is 28.5 Å². The molecule has 4 heterocycles. The molecule has 8 heteroatoms. The number of carbonyl (C=O) groups excluding carboxylic acids is 2. The Labute approximate surface area is 171 Å². The topological polar surface area (TPSA) is 85.3 Å². The van der Waals surface area contributed by atoms with Gasteiger partial charge in [0.25, 0.3) is 5.91 Å². The molecule has 3 aromatic rings. The number of hydrazone groups is 1. The van der Waals surface area contributed by atoms with Gasteiger partial charge in [-0.2, -0.15) is 5.10 Å². The largest absolute Gasteiger partial charge is 0.467 e. The lowest BCUT2D eigenvalue weighted by atomic mass is 10.1. The first-order valence-corrected chi connectivity index (χ1v) is 10.1. The van der Waals surface area contributed by atoms with Crippen LogP contribution in [0.15, 0.2) is 56.8 Å². The van der Waals surface area contributed by atoms with E-state index in [-0.39, 0.29) is 0 Å². The van der Waals surface area contributed by atoms with Gasteiger partial charge in [0.1, 0.15) is 28.2 Å². The Bertz CT molecular complexity index is 1030. The summed E-state index contributed by atoms with van der Waals surface area (Å²) in [5.41, 5.74) is 1.75. The summed E-state index contributed by atoms with van der Waals surface area (Å²) in [6, 6.07) is 8.51. The molecule has 29 heavy (non-hydrogen) atoms. The van der Waals surface area contributed by atoms with Gasteiger partial charge in [-0.3, -0.25) is 4.79 Å². The fourth-order valence-corrected chi connectivity index (χ4v) is 4.28. The molecule has 4 rings (SSSR count). The number of amides is 1. The van der Waals surface area contributed by atoms with E-state index in [1.807, 2.05) is 19.9 Å². The summed E-state index contributed by atoms with van der Waals surface area (Å²) in [7, 11) is 0. The second-order valence-electron chi connectivity index (χ2n) is 6.62. The fourth-order valence-electron chi connectivity index (χ4n) is 3.27.